The van der Waals surface area contributed by atoms with Crippen molar-refractivity contribution < 1.29 is 14.0 Å². The summed E-state index contributed by atoms with van der Waals surface area (Å²) in [6.45, 7) is 3.20. The zero-order valence-electron chi connectivity index (χ0n) is 6.63. The second kappa shape index (κ2) is 3.71. The van der Waals surface area contributed by atoms with Gasteiger partial charge in [0.2, 0.25) is 0 Å². The Morgan fingerprint density at radius 3 is 2.36 bits per heavy atom. The Bertz CT molecular complexity index is 172. The van der Waals surface area contributed by atoms with Gasteiger partial charge in [0, 0.05) is 7.05 Å². The highest BCUT2D eigenvalue weighted by Gasteiger charge is 2.22. The first kappa shape index (κ1) is 10.4. The van der Waals surface area contributed by atoms with Crippen LogP contribution in [0.5, 0.6) is 0 Å². The molecule has 64 valence electrons. The number of amides is 1. The van der Waals surface area contributed by atoms with Crippen LogP contribution < -0.4 is 0 Å². The summed E-state index contributed by atoms with van der Waals surface area (Å²) in [7, 11) is 1.28. The standard InChI is InChI=1S/C6H10FNO2S/c1-6(2,4-9)11-8(3)5(7)10/h4H,1-3H3. The maximum atomic E-state index is 11.9. The predicted molar refractivity (Wildman–Crippen MR) is 42.0 cm³/mol. The molecule has 0 aliphatic heterocycles. The van der Waals surface area contributed by atoms with E-state index in [0.717, 1.165) is 16.3 Å². The molecule has 0 atom stereocenters. The lowest BCUT2D eigenvalue weighted by molar-refractivity contribution is -0.109. The van der Waals surface area contributed by atoms with Crippen LogP contribution in [0.15, 0.2) is 0 Å². The molecule has 0 radical (unpaired) electrons. The van der Waals surface area contributed by atoms with Gasteiger partial charge in [-0.05, 0) is 25.8 Å². The molecule has 0 bridgehead atoms. The fourth-order valence-electron chi connectivity index (χ4n) is 0.410. The van der Waals surface area contributed by atoms with Crippen LogP contribution in [0.4, 0.5) is 9.18 Å². The molecule has 5 heteroatoms. The first-order valence-electron chi connectivity index (χ1n) is 2.98. The molecule has 0 aliphatic carbocycles. The Kier molecular flexibility index (Phi) is 3.51. The van der Waals surface area contributed by atoms with Crippen molar-refractivity contribution in [1.82, 2.24) is 4.31 Å². The molecule has 0 unspecified atom stereocenters. The monoisotopic (exact) mass is 179 g/mol. The van der Waals surface area contributed by atoms with Crippen molar-refractivity contribution in [3.8, 4) is 0 Å². The quantitative estimate of drug-likeness (QED) is 0.286. The van der Waals surface area contributed by atoms with E-state index in [-0.39, 0.29) is 0 Å². The predicted octanol–water partition coefficient (Wildman–Crippen LogP) is 1.63. The Balaban J connectivity index is 4.03. The zero-order valence-corrected chi connectivity index (χ0v) is 7.44. The molecule has 0 saturated carbocycles. The number of rotatable bonds is 3. The van der Waals surface area contributed by atoms with Crippen molar-refractivity contribution in [3.63, 3.8) is 0 Å². The molecular formula is C6H10FNO2S. The Hall–Kier alpha value is -0.580. The lowest BCUT2D eigenvalue weighted by atomic mass is 10.2. The Morgan fingerprint density at radius 2 is 2.09 bits per heavy atom. The molecular weight excluding hydrogens is 169 g/mol. The topological polar surface area (TPSA) is 37.4 Å². The lowest BCUT2D eigenvalue weighted by Crippen LogP contribution is -2.25. The van der Waals surface area contributed by atoms with Gasteiger partial charge >= 0.3 is 6.16 Å². The molecule has 0 fully saturated rings. The third-order valence-corrected chi connectivity index (χ3v) is 1.89. The number of hydrogen-bond donors (Lipinski definition) is 0. The SMILES string of the molecule is CN(SC(C)(C)C=O)C(=O)F. The summed E-state index contributed by atoms with van der Waals surface area (Å²) in [5.74, 6) is 0. The summed E-state index contributed by atoms with van der Waals surface area (Å²) < 4.78 is 11.9. The van der Waals surface area contributed by atoms with Gasteiger partial charge < -0.3 is 4.79 Å². The molecule has 0 spiro atoms. The Labute approximate surface area is 69.1 Å². The largest absolute Gasteiger partial charge is 0.409 e. The molecule has 0 rings (SSSR count). The van der Waals surface area contributed by atoms with E-state index in [0.29, 0.717) is 6.29 Å². The molecule has 0 aliphatic rings. The second-order valence-electron chi connectivity index (χ2n) is 2.56. The van der Waals surface area contributed by atoms with Crippen LogP contribution in [-0.4, -0.2) is 28.5 Å². The lowest BCUT2D eigenvalue weighted by Gasteiger charge is -2.20. The number of hydrogen-bond acceptors (Lipinski definition) is 3. The summed E-state index contributed by atoms with van der Waals surface area (Å²) >= 11 is 0.851. The smallest absolute Gasteiger partial charge is 0.302 e. The molecule has 0 aromatic carbocycles. The van der Waals surface area contributed by atoms with Gasteiger partial charge in [-0.1, -0.05) is 0 Å². The summed E-state index contributed by atoms with van der Waals surface area (Å²) in [6, 6.07) is 0. The minimum atomic E-state index is -1.55. The van der Waals surface area contributed by atoms with Crippen LogP contribution in [0, 0.1) is 0 Å². The molecule has 1 amide bonds. The average Bonchev–Trinajstić information content (AvgIpc) is 1.87. The number of carbonyl (C=O) groups is 2. The van der Waals surface area contributed by atoms with E-state index < -0.39 is 10.9 Å². The van der Waals surface area contributed by atoms with E-state index >= 15 is 0 Å². The fourth-order valence-corrected chi connectivity index (χ4v) is 1.23. The van der Waals surface area contributed by atoms with Crippen LogP contribution in [0.3, 0.4) is 0 Å². The van der Waals surface area contributed by atoms with E-state index in [2.05, 4.69) is 0 Å². The molecule has 3 nitrogen and oxygen atoms in total. The van der Waals surface area contributed by atoms with Crippen molar-refractivity contribution in [3.05, 3.63) is 0 Å². The van der Waals surface area contributed by atoms with Gasteiger partial charge in [0.15, 0.2) is 0 Å². The summed E-state index contributed by atoms with van der Waals surface area (Å²) in [4.78, 5) is 20.4. The highest BCUT2D eigenvalue weighted by molar-refractivity contribution is 7.99. The minimum Gasteiger partial charge on any atom is -0.302 e. The summed E-state index contributed by atoms with van der Waals surface area (Å²) in [5.41, 5.74) is 0. The summed E-state index contributed by atoms with van der Waals surface area (Å²) in [5, 5.41) is 0. The van der Waals surface area contributed by atoms with Gasteiger partial charge in [0.1, 0.15) is 6.29 Å². The van der Waals surface area contributed by atoms with Gasteiger partial charge in [0.25, 0.3) is 0 Å². The third kappa shape index (κ3) is 3.98. The first-order valence-corrected chi connectivity index (χ1v) is 3.75. The Morgan fingerprint density at radius 1 is 1.64 bits per heavy atom. The fraction of sp³-hybridized carbons (Fsp3) is 0.667. The van der Waals surface area contributed by atoms with Gasteiger partial charge in [-0.2, -0.15) is 0 Å². The molecule has 0 aromatic heterocycles. The highest BCUT2D eigenvalue weighted by Crippen LogP contribution is 2.24. The van der Waals surface area contributed by atoms with Crippen LogP contribution in [0.1, 0.15) is 13.8 Å². The maximum Gasteiger partial charge on any atom is 0.409 e. The van der Waals surface area contributed by atoms with Gasteiger partial charge in [-0.3, -0.25) is 4.31 Å². The second-order valence-corrected chi connectivity index (χ2v) is 4.35. The van der Waals surface area contributed by atoms with E-state index in [4.69, 9.17) is 0 Å². The molecule has 0 heterocycles. The maximum absolute atomic E-state index is 11.9. The normalized spacial score (nSPS) is 10.9. The van der Waals surface area contributed by atoms with E-state index in [1.807, 2.05) is 0 Å². The van der Waals surface area contributed by atoms with Crippen LogP contribution in [0.25, 0.3) is 0 Å². The van der Waals surface area contributed by atoms with Gasteiger partial charge in [-0.15, -0.1) is 4.39 Å². The van der Waals surface area contributed by atoms with E-state index in [9.17, 15) is 14.0 Å². The molecule has 0 N–H and O–H groups in total. The van der Waals surface area contributed by atoms with E-state index in [1.54, 1.807) is 13.8 Å². The third-order valence-electron chi connectivity index (χ3n) is 0.904. The van der Waals surface area contributed by atoms with Crippen LogP contribution in [0.2, 0.25) is 0 Å². The van der Waals surface area contributed by atoms with Crippen molar-refractivity contribution >= 4 is 24.4 Å². The van der Waals surface area contributed by atoms with E-state index in [1.165, 1.54) is 7.05 Å². The van der Waals surface area contributed by atoms with Gasteiger partial charge in [0.05, 0.1) is 4.75 Å². The molecule has 0 aromatic rings. The van der Waals surface area contributed by atoms with Gasteiger partial charge in [-0.25, -0.2) is 4.79 Å². The van der Waals surface area contributed by atoms with Crippen molar-refractivity contribution in [2.24, 2.45) is 0 Å². The first-order chi connectivity index (χ1) is 4.89. The number of halogens is 1. The van der Waals surface area contributed by atoms with Crippen LogP contribution >= 0.6 is 11.9 Å². The average molecular weight is 179 g/mol. The number of aldehydes is 1. The number of nitrogens with zero attached hydrogens (tertiary/aromatic N) is 1. The zero-order chi connectivity index (χ0) is 9.07. The molecule has 11 heavy (non-hydrogen) atoms. The van der Waals surface area contributed by atoms with Crippen LogP contribution in [-0.2, 0) is 4.79 Å². The van der Waals surface area contributed by atoms with Crippen molar-refractivity contribution in [2.75, 3.05) is 7.05 Å². The molecule has 0 saturated heterocycles. The highest BCUT2D eigenvalue weighted by atomic mass is 32.2. The minimum absolute atomic E-state index is 0.664. The number of carbonyl (C=O) groups excluding carboxylic acids is 2. The van der Waals surface area contributed by atoms with Crippen molar-refractivity contribution in [2.45, 2.75) is 18.6 Å². The summed E-state index contributed by atoms with van der Waals surface area (Å²) in [6.07, 6.45) is -0.887. The van der Waals surface area contributed by atoms with Crippen molar-refractivity contribution in [1.29, 1.82) is 0 Å².